The number of aromatic nitrogens is 4. The second-order valence-corrected chi connectivity index (χ2v) is 14.6. The number of carbonyl (C=O) groups excluding carboxylic acids is 1. The summed E-state index contributed by atoms with van der Waals surface area (Å²) in [5, 5.41) is 1.99. The molecule has 4 atom stereocenters. The van der Waals surface area contributed by atoms with Gasteiger partial charge in [-0.3, -0.25) is 19.7 Å². The van der Waals surface area contributed by atoms with Crippen molar-refractivity contribution in [2.75, 3.05) is 50.8 Å². The molecule has 1 amide bonds. The third-order valence-corrected chi connectivity index (χ3v) is 11.4. The lowest BCUT2D eigenvalue weighted by Crippen LogP contribution is -2.43. The Kier molecular flexibility index (Phi) is 8.26. The van der Waals surface area contributed by atoms with Crippen LogP contribution in [0, 0.1) is 30.0 Å². The highest BCUT2D eigenvalue weighted by molar-refractivity contribution is 6.02. The van der Waals surface area contributed by atoms with Gasteiger partial charge in [0.05, 0.1) is 16.6 Å². The smallest absolute Gasteiger partial charge is 0.319 e. The van der Waals surface area contributed by atoms with E-state index in [1.54, 1.807) is 41.6 Å². The van der Waals surface area contributed by atoms with Crippen LogP contribution in [0.2, 0.25) is 0 Å². The molecule has 0 aliphatic carbocycles. The van der Waals surface area contributed by atoms with E-state index >= 15 is 4.39 Å². The summed E-state index contributed by atoms with van der Waals surface area (Å²) in [6.07, 6.45) is 11.3. The normalized spacial score (nSPS) is 24.2. The van der Waals surface area contributed by atoms with Crippen LogP contribution >= 0.6 is 0 Å². The number of hydrogen-bond donors (Lipinski definition) is 0. The zero-order valence-corrected chi connectivity index (χ0v) is 28.9. The second-order valence-electron chi connectivity index (χ2n) is 14.6. The maximum atomic E-state index is 16.9. The summed E-state index contributed by atoms with van der Waals surface area (Å²) in [6, 6.07) is 16.3. The molecule has 12 heteroatoms. The third kappa shape index (κ3) is 5.83. The quantitative estimate of drug-likeness (QED) is 0.145. The van der Waals surface area contributed by atoms with Gasteiger partial charge in [-0.25, -0.2) is 13.2 Å². The van der Waals surface area contributed by atoms with Crippen molar-refractivity contribution >= 4 is 39.5 Å². The first-order chi connectivity index (χ1) is 25.8. The van der Waals surface area contributed by atoms with Crippen molar-refractivity contribution < 1.29 is 22.7 Å². The van der Waals surface area contributed by atoms with Gasteiger partial charge in [-0.2, -0.15) is 9.97 Å². The Hall–Kier alpha value is -5.54. The Morgan fingerprint density at radius 2 is 1.83 bits per heavy atom. The van der Waals surface area contributed by atoms with E-state index < -0.39 is 29.3 Å². The number of alkyl halides is 1. The molecule has 4 aliphatic heterocycles. The fraction of sp³-hybridized carbons (Fsp3) is 0.341. The summed E-state index contributed by atoms with van der Waals surface area (Å²) in [4.78, 5) is 37.0. The van der Waals surface area contributed by atoms with Crippen molar-refractivity contribution in [2.45, 2.75) is 31.0 Å². The molecule has 53 heavy (non-hydrogen) atoms. The van der Waals surface area contributed by atoms with Gasteiger partial charge in [-0.1, -0.05) is 42.3 Å². The minimum atomic E-state index is -0.930. The van der Waals surface area contributed by atoms with Crippen molar-refractivity contribution in [3.05, 3.63) is 89.9 Å². The summed E-state index contributed by atoms with van der Waals surface area (Å²) in [5.41, 5.74) is 1.25. The van der Waals surface area contributed by atoms with Crippen molar-refractivity contribution in [3.8, 4) is 29.6 Å². The lowest BCUT2D eigenvalue weighted by atomic mass is 9.95. The van der Waals surface area contributed by atoms with E-state index in [0.29, 0.717) is 72.6 Å². The zero-order valence-electron chi connectivity index (χ0n) is 28.9. The van der Waals surface area contributed by atoms with E-state index in [4.69, 9.17) is 16.1 Å². The molecular formula is C41H36F3N7O2. The Labute approximate surface area is 304 Å². The maximum Gasteiger partial charge on any atom is 0.319 e. The molecule has 4 aliphatic rings. The number of hydrogen-bond acceptors (Lipinski definition) is 8. The van der Waals surface area contributed by atoms with Crippen molar-refractivity contribution in [1.82, 2.24) is 29.7 Å². The Morgan fingerprint density at radius 1 is 1.02 bits per heavy atom. The summed E-state index contributed by atoms with van der Waals surface area (Å²) in [6.45, 7) is 3.12. The molecule has 0 unspecified atom stereocenters. The van der Waals surface area contributed by atoms with E-state index in [1.165, 1.54) is 0 Å². The number of anilines is 1. The number of terminal acetylenes is 1. The van der Waals surface area contributed by atoms with Crippen LogP contribution in [0.25, 0.3) is 39.0 Å². The highest BCUT2D eigenvalue weighted by Crippen LogP contribution is 2.42. The molecule has 3 aromatic heterocycles. The zero-order chi connectivity index (χ0) is 36.3. The average molecular weight is 716 g/mol. The van der Waals surface area contributed by atoms with Crippen LogP contribution in [0.3, 0.4) is 0 Å². The minimum Gasteiger partial charge on any atom is -0.461 e. The first-order valence-electron chi connectivity index (χ1n) is 18.0. The van der Waals surface area contributed by atoms with Crippen LogP contribution in [-0.2, 0) is 4.79 Å². The Bertz CT molecular complexity index is 2310. The highest BCUT2D eigenvalue weighted by atomic mass is 19.1. The fourth-order valence-electron chi connectivity index (χ4n) is 8.96. The van der Waals surface area contributed by atoms with Gasteiger partial charge in [-0.15, -0.1) is 6.42 Å². The molecule has 268 valence electrons. The second kappa shape index (κ2) is 13.1. The molecule has 2 aromatic carbocycles. The van der Waals surface area contributed by atoms with E-state index in [0.717, 1.165) is 30.8 Å². The van der Waals surface area contributed by atoms with Gasteiger partial charge in [0.25, 0.3) is 5.91 Å². The van der Waals surface area contributed by atoms with E-state index in [2.05, 4.69) is 30.7 Å². The summed E-state index contributed by atoms with van der Waals surface area (Å²) < 4.78 is 52.8. The number of nitrogens with zero attached hydrogens (tertiary/aromatic N) is 7. The summed E-state index contributed by atoms with van der Waals surface area (Å²) >= 11 is 0. The SMILES string of the molecule is C#Cc1cccc2cccc(-c3ncc4c(N5C[C@H]6CN(C(=O)/C(F)=C/c7ccccn7)C[C@H]6C5)nc(OC[C@@]56CCCN5C[C@H](F)C6)nc4c3F)c12. The average Bonchev–Trinajstić information content (AvgIpc) is 3.93. The number of amides is 1. The lowest BCUT2D eigenvalue weighted by Gasteiger charge is -2.31. The van der Waals surface area contributed by atoms with E-state index in [9.17, 15) is 13.6 Å². The van der Waals surface area contributed by atoms with E-state index in [-0.39, 0.29) is 35.7 Å². The molecule has 4 saturated heterocycles. The van der Waals surface area contributed by atoms with Gasteiger partial charge in [0, 0.05) is 86.0 Å². The van der Waals surface area contributed by atoms with Gasteiger partial charge >= 0.3 is 6.01 Å². The molecule has 4 fully saturated rings. The number of halogens is 3. The first-order valence-corrected chi connectivity index (χ1v) is 18.0. The number of pyridine rings is 2. The number of benzene rings is 2. The molecule has 0 bridgehead atoms. The van der Waals surface area contributed by atoms with Crippen molar-refractivity contribution in [2.24, 2.45) is 11.8 Å². The predicted molar refractivity (Wildman–Crippen MR) is 196 cm³/mol. The van der Waals surface area contributed by atoms with Gasteiger partial charge < -0.3 is 14.5 Å². The molecule has 0 N–H and O–H groups in total. The van der Waals surface area contributed by atoms with Gasteiger partial charge in [0.15, 0.2) is 11.6 Å². The van der Waals surface area contributed by atoms with Gasteiger partial charge in [0.2, 0.25) is 0 Å². The van der Waals surface area contributed by atoms with Crippen LogP contribution in [-0.4, -0.2) is 93.2 Å². The molecule has 0 radical (unpaired) electrons. The van der Waals surface area contributed by atoms with Crippen molar-refractivity contribution in [1.29, 1.82) is 0 Å². The molecule has 0 spiro atoms. The topological polar surface area (TPSA) is 87.6 Å². The number of ether oxygens (including phenoxy) is 1. The van der Waals surface area contributed by atoms with Crippen LogP contribution in [0.5, 0.6) is 6.01 Å². The molecular weight excluding hydrogens is 679 g/mol. The van der Waals surface area contributed by atoms with Crippen LogP contribution < -0.4 is 9.64 Å². The fourth-order valence-corrected chi connectivity index (χ4v) is 8.96. The number of rotatable bonds is 7. The van der Waals surface area contributed by atoms with Crippen molar-refractivity contribution in [3.63, 3.8) is 0 Å². The number of fused-ring (bicyclic) bond motifs is 4. The van der Waals surface area contributed by atoms with Gasteiger partial charge in [-0.05, 0) is 43.0 Å². The largest absolute Gasteiger partial charge is 0.461 e. The molecule has 9 nitrogen and oxygen atoms in total. The number of carbonyl (C=O) groups is 1. The third-order valence-electron chi connectivity index (χ3n) is 11.4. The van der Waals surface area contributed by atoms with Crippen LogP contribution in [0.15, 0.2) is 72.8 Å². The predicted octanol–water partition coefficient (Wildman–Crippen LogP) is 6.22. The summed E-state index contributed by atoms with van der Waals surface area (Å²) in [5.74, 6) is 1.11. The minimum absolute atomic E-state index is 0.00455. The highest BCUT2D eigenvalue weighted by Gasteiger charge is 2.49. The van der Waals surface area contributed by atoms with Crippen LogP contribution in [0.1, 0.15) is 30.5 Å². The van der Waals surface area contributed by atoms with Crippen LogP contribution in [0.4, 0.5) is 19.0 Å². The summed E-state index contributed by atoms with van der Waals surface area (Å²) in [7, 11) is 0. The maximum absolute atomic E-state index is 16.9. The lowest BCUT2D eigenvalue weighted by molar-refractivity contribution is -0.127. The number of likely N-dealkylation sites (tertiary alicyclic amines) is 1. The Balaban J connectivity index is 1.05. The molecule has 7 heterocycles. The first kappa shape index (κ1) is 33.3. The monoisotopic (exact) mass is 715 g/mol. The van der Waals surface area contributed by atoms with E-state index in [1.807, 2.05) is 30.3 Å². The molecule has 9 rings (SSSR count). The Morgan fingerprint density at radius 3 is 2.60 bits per heavy atom. The standard InChI is InChI=1S/C41H36F3N7O2/c1-2-25-8-5-9-26-10-6-12-31(34(25)26)36-35(44)37-32(18-46-36)38(48-40(47-37)53-24-41-13-7-15-51(41)23-29(42)17-41)49-19-27-21-50(22-28(27)20-49)39(52)33(43)16-30-11-3-4-14-45-30/h1,3-6,8-12,14,16,18,27-29H,7,13,15,17,19-24H2/b33-16-/t27-,28+,29-,41+/m1/s1. The molecule has 5 aromatic rings. The van der Waals surface area contributed by atoms with Gasteiger partial charge in [0.1, 0.15) is 29.8 Å². The molecule has 0 saturated carbocycles.